The van der Waals surface area contributed by atoms with Gasteiger partial charge in [-0.05, 0) is 31.4 Å². The van der Waals surface area contributed by atoms with Crippen LogP contribution in [0.4, 0.5) is 5.69 Å². The number of hydrogen-bond acceptors (Lipinski definition) is 3. The summed E-state index contributed by atoms with van der Waals surface area (Å²) in [6.07, 6.45) is 3.14. The van der Waals surface area contributed by atoms with Gasteiger partial charge >= 0.3 is 0 Å². The zero-order valence-corrected chi connectivity index (χ0v) is 15.2. The van der Waals surface area contributed by atoms with Crippen LogP contribution in [0, 0.1) is 5.92 Å². The number of carbonyl (C=O) groups excluding carboxylic acids is 2. The molecule has 0 unspecified atom stereocenters. The zero-order chi connectivity index (χ0) is 17.6. The number of hydrogen-bond donors (Lipinski definition) is 0. The number of amides is 2. The highest BCUT2D eigenvalue weighted by Crippen LogP contribution is 2.22. The standard InChI is InChI=1S/C20H29N3O2/c1-2-6-19(24)22-11-9-17(10-12-22)20(25)23-15-13-21(14-16-23)18-7-4-3-5-8-18/h3-5,7-8,17H,2,6,9-16H2,1H3. The van der Waals surface area contributed by atoms with E-state index in [2.05, 4.69) is 29.2 Å². The molecular formula is C20H29N3O2. The van der Waals surface area contributed by atoms with Crippen molar-refractivity contribution < 1.29 is 9.59 Å². The summed E-state index contributed by atoms with van der Waals surface area (Å²) in [6, 6.07) is 10.4. The van der Waals surface area contributed by atoms with Crippen LogP contribution in [0.5, 0.6) is 0 Å². The summed E-state index contributed by atoms with van der Waals surface area (Å²) in [4.78, 5) is 31.1. The Kier molecular flexibility index (Phi) is 5.95. The highest BCUT2D eigenvalue weighted by Gasteiger charge is 2.31. The second-order valence-corrected chi connectivity index (χ2v) is 7.05. The molecule has 136 valence electrons. The van der Waals surface area contributed by atoms with Crippen molar-refractivity contribution in [2.45, 2.75) is 32.6 Å². The lowest BCUT2D eigenvalue weighted by Crippen LogP contribution is -2.52. The highest BCUT2D eigenvalue weighted by atomic mass is 16.2. The van der Waals surface area contributed by atoms with E-state index >= 15 is 0 Å². The average molecular weight is 343 g/mol. The topological polar surface area (TPSA) is 43.9 Å². The average Bonchev–Trinajstić information content (AvgIpc) is 2.68. The molecule has 0 N–H and O–H groups in total. The molecule has 0 aromatic heterocycles. The van der Waals surface area contributed by atoms with E-state index < -0.39 is 0 Å². The SMILES string of the molecule is CCCC(=O)N1CCC(C(=O)N2CCN(c3ccccc3)CC2)CC1. The molecule has 1 aromatic rings. The van der Waals surface area contributed by atoms with E-state index in [1.807, 2.05) is 22.8 Å². The van der Waals surface area contributed by atoms with Gasteiger partial charge in [-0.2, -0.15) is 0 Å². The molecule has 0 spiro atoms. The number of benzene rings is 1. The van der Waals surface area contributed by atoms with Gasteiger partial charge in [-0.3, -0.25) is 9.59 Å². The molecule has 2 fully saturated rings. The number of likely N-dealkylation sites (tertiary alicyclic amines) is 1. The van der Waals surface area contributed by atoms with Crippen molar-refractivity contribution in [1.29, 1.82) is 0 Å². The third-order valence-corrected chi connectivity index (χ3v) is 5.37. The van der Waals surface area contributed by atoms with Gasteiger partial charge in [-0.25, -0.2) is 0 Å². The first-order chi connectivity index (χ1) is 12.2. The van der Waals surface area contributed by atoms with Gasteiger partial charge in [0.2, 0.25) is 11.8 Å². The Morgan fingerprint density at radius 1 is 0.920 bits per heavy atom. The van der Waals surface area contributed by atoms with Gasteiger partial charge in [-0.1, -0.05) is 25.1 Å². The molecule has 5 heteroatoms. The van der Waals surface area contributed by atoms with Crippen LogP contribution in [0.3, 0.4) is 0 Å². The quantitative estimate of drug-likeness (QED) is 0.843. The molecule has 2 amide bonds. The summed E-state index contributed by atoms with van der Waals surface area (Å²) in [7, 11) is 0. The lowest BCUT2D eigenvalue weighted by Gasteiger charge is -2.39. The predicted octanol–water partition coefficient (Wildman–Crippen LogP) is 2.37. The lowest BCUT2D eigenvalue weighted by atomic mass is 9.94. The summed E-state index contributed by atoms with van der Waals surface area (Å²) in [5.74, 6) is 0.620. The monoisotopic (exact) mass is 343 g/mol. The second kappa shape index (κ2) is 8.37. The number of para-hydroxylation sites is 1. The van der Waals surface area contributed by atoms with Crippen molar-refractivity contribution in [1.82, 2.24) is 9.80 Å². The maximum atomic E-state index is 12.8. The van der Waals surface area contributed by atoms with Crippen LogP contribution in [0.25, 0.3) is 0 Å². The van der Waals surface area contributed by atoms with Crippen molar-refractivity contribution >= 4 is 17.5 Å². The largest absolute Gasteiger partial charge is 0.368 e. The van der Waals surface area contributed by atoms with Gasteiger partial charge in [0.15, 0.2) is 0 Å². The van der Waals surface area contributed by atoms with E-state index in [1.165, 1.54) is 5.69 Å². The normalized spacial score (nSPS) is 19.2. The van der Waals surface area contributed by atoms with Crippen LogP contribution in [0.2, 0.25) is 0 Å². The van der Waals surface area contributed by atoms with Crippen molar-refractivity contribution in [3.05, 3.63) is 30.3 Å². The van der Waals surface area contributed by atoms with Crippen LogP contribution < -0.4 is 4.90 Å². The summed E-state index contributed by atoms with van der Waals surface area (Å²) < 4.78 is 0. The van der Waals surface area contributed by atoms with Gasteiger partial charge in [0.05, 0.1) is 0 Å². The number of piperazine rings is 1. The molecule has 2 aliphatic heterocycles. The van der Waals surface area contributed by atoms with Gasteiger partial charge in [0.25, 0.3) is 0 Å². The first-order valence-electron chi connectivity index (χ1n) is 9.55. The molecule has 2 aliphatic rings. The molecule has 0 radical (unpaired) electrons. The van der Waals surface area contributed by atoms with Crippen molar-refractivity contribution in [2.24, 2.45) is 5.92 Å². The van der Waals surface area contributed by atoms with E-state index in [1.54, 1.807) is 0 Å². The summed E-state index contributed by atoms with van der Waals surface area (Å²) in [6.45, 7) is 6.88. The van der Waals surface area contributed by atoms with Gasteiger partial charge in [0.1, 0.15) is 0 Å². The number of piperidine rings is 1. The molecule has 3 rings (SSSR count). The molecule has 25 heavy (non-hydrogen) atoms. The summed E-state index contributed by atoms with van der Waals surface area (Å²) in [5, 5.41) is 0. The minimum absolute atomic E-state index is 0.0916. The molecule has 5 nitrogen and oxygen atoms in total. The first kappa shape index (κ1) is 17.8. The Bertz CT molecular complexity index is 574. The maximum absolute atomic E-state index is 12.8. The number of nitrogens with zero attached hydrogens (tertiary/aromatic N) is 3. The van der Waals surface area contributed by atoms with E-state index in [9.17, 15) is 9.59 Å². The van der Waals surface area contributed by atoms with Crippen LogP contribution in [0.1, 0.15) is 32.6 Å². The van der Waals surface area contributed by atoms with Crippen molar-refractivity contribution in [2.75, 3.05) is 44.2 Å². The molecule has 0 bridgehead atoms. The van der Waals surface area contributed by atoms with E-state index in [4.69, 9.17) is 0 Å². The van der Waals surface area contributed by atoms with Gasteiger partial charge in [0, 0.05) is 57.3 Å². The number of rotatable bonds is 4. The second-order valence-electron chi connectivity index (χ2n) is 7.05. The maximum Gasteiger partial charge on any atom is 0.225 e. The number of carbonyl (C=O) groups is 2. The van der Waals surface area contributed by atoms with E-state index in [-0.39, 0.29) is 17.7 Å². The van der Waals surface area contributed by atoms with Crippen LogP contribution in [-0.2, 0) is 9.59 Å². The molecule has 2 saturated heterocycles. The minimum atomic E-state index is 0.0916. The Balaban J connectivity index is 1.46. The summed E-state index contributed by atoms with van der Waals surface area (Å²) >= 11 is 0. The van der Waals surface area contributed by atoms with Gasteiger partial charge in [-0.15, -0.1) is 0 Å². The van der Waals surface area contributed by atoms with Crippen molar-refractivity contribution in [3.63, 3.8) is 0 Å². The van der Waals surface area contributed by atoms with Crippen LogP contribution >= 0.6 is 0 Å². The molecular weight excluding hydrogens is 314 g/mol. The zero-order valence-electron chi connectivity index (χ0n) is 15.2. The molecule has 0 atom stereocenters. The third kappa shape index (κ3) is 4.33. The highest BCUT2D eigenvalue weighted by molar-refractivity contribution is 5.80. The van der Waals surface area contributed by atoms with E-state index in [0.29, 0.717) is 6.42 Å². The fraction of sp³-hybridized carbons (Fsp3) is 0.600. The minimum Gasteiger partial charge on any atom is -0.368 e. The Labute approximate surface area is 150 Å². The van der Waals surface area contributed by atoms with Gasteiger partial charge < -0.3 is 14.7 Å². The predicted molar refractivity (Wildman–Crippen MR) is 99.4 cm³/mol. The molecule has 1 aromatic carbocycles. The van der Waals surface area contributed by atoms with Crippen molar-refractivity contribution in [3.8, 4) is 0 Å². The fourth-order valence-corrected chi connectivity index (χ4v) is 3.83. The third-order valence-electron chi connectivity index (χ3n) is 5.37. The number of anilines is 1. The fourth-order valence-electron chi connectivity index (χ4n) is 3.83. The van der Waals surface area contributed by atoms with Crippen LogP contribution in [0.15, 0.2) is 30.3 Å². The van der Waals surface area contributed by atoms with Crippen LogP contribution in [-0.4, -0.2) is 60.9 Å². The Morgan fingerprint density at radius 3 is 2.16 bits per heavy atom. The molecule has 2 heterocycles. The first-order valence-corrected chi connectivity index (χ1v) is 9.55. The summed E-state index contributed by atoms with van der Waals surface area (Å²) in [5.41, 5.74) is 1.23. The molecule has 0 saturated carbocycles. The smallest absolute Gasteiger partial charge is 0.225 e. The Morgan fingerprint density at radius 2 is 1.56 bits per heavy atom. The van der Waals surface area contributed by atoms with E-state index in [0.717, 1.165) is 58.5 Å². The lowest BCUT2D eigenvalue weighted by molar-refractivity contribution is -0.141. The Hall–Kier alpha value is -2.04. The molecule has 0 aliphatic carbocycles.